The van der Waals surface area contributed by atoms with Crippen LogP contribution in [0.5, 0.6) is 11.5 Å². The molecule has 1 aliphatic heterocycles. The van der Waals surface area contributed by atoms with E-state index >= 15 is 0 Å². The first kappa shape index (κ1) is 12.9. The molecular formula is C11H8BrNO4S2. The number of hydrogen-bond donors (Lipinski definition) is 1. The highest BCUT2D eigenvalue weighted by molar-refractivity contribution is 9.11. The van der Waals surface area contributed by atoms with Crippen LogP contribution in [0, 0.1) is 0 Å². The molecule has 2 aromatic heterocycles. The molecule has 0 amide bonds. The van der Waals surface area contributed by atoms with E-state index in [1.807, 2.05) is 0 Å². The predicted octanol–water partition coefficient (Wildman–Crippen LogP) is 3.03. The Morgan fingerprint density at radius 2 is 2.16 bits per heavy atom. The Labute approximate surface area is 124 Å². The Morgan fingerprint density at radius 3 is 2.89 bits per heavy atom. The van der Waals surface area contributed by atoms with Crippen molar-refractivity contribution in [3.05, 3.63) is 14.2 Å². The van der Waals surface area contributed by atoms with Gasteiger partial charge in [0.1, 0.15) is 21.9 Å². The van der Waals surface area contributed by atoms with Crippen molar-refractivity contribution in [3.63, 3.8) is 0 Å². The fourth-order valence-electron chi connectivity index (χ4n) is 1.79. The summed E-state index contributed by atoms with van der Waals surface area (Å²) < 4.78 is 12.0. The minimum Gasteiger partial charge on any atom is -0.484 e. The molecule has 0 bridgehead atoms. The molecule has 0 aliphatic carbocycles. The fraction of sp³-hybridized carbons (Fsp3) is 0.273. The third-order valence-electron chi connectivity index (χ3n) is 2.53. The van der Waals surface area contributed by atoms with Gasteiger partial charge in [0.2, 0.25) is 0 Å². The quantitative estimate of drug-likeness (QED) is 0.909. The molecule has 0 spiro atoms. The third-order valence-corrected chi connectivity index (χ3v) is 5.15. The molecule has 8 heteroatoms. The Kier molecular flexibility index (Phi) is 3.46. The lowest BCUT2D eigenvalue weighted by Crippen LogP contribution is -2.14. The van der Waals surface area contributed by atoms with Crippen molar-refractivity contribution in [1.29, 1.82) is 0 Å². The van der Waals surface area contributed by atoms with Crippen LogP contribution in [0.1, 0.15) is 4.88 Å². The van der Waals surface area contributed by atoms with E-state index < -0.39 is 5.97 Å². The zero-order valence-corrected chi connectivity index (χ0v) is 12.7. The molecule has 1 aliphatic rings. The average molecular weight is 362 g/mol. The number of ether oxygens (including phenoxy) is 2. The second-order valence-electron chi connectivity index (χ2n) is 3.75. The zero-order chi connectivity index (χ0) is 13.4. The van der Waals surface area contributed by atoms with E-state index in [1.54, 1.807) is 5.51 Å². The van der Waals surface area contributed by atoms with Gasteiger partial charge in [0, 0.05) is 4.88 Å². The molecule has 100 valence electrons. The van der Waals surface area contributed by atoms with Gasteiger partial charge in [-0.25, -0.2) is 4.98 Å². The molecule has 0 unspecified atom stereocenters. The summed E-state index contributed by atoms with van der Waals surface area (Å²) in [7, 11) is 0. The van der Waals surface area contributed by atoms with Gasteiger partial charge in [-0.2, -0.15) is 0 Å². The summed E-state index contributed by atoms with van der Waals surface area (Å²) in [5.74, 6) is 0.466. The molecule has 0 saturated heterocycles. The van der Waals surface area contributed by atoms with Crippen molar-refractivity contribution < 1.29 is 19.4 Å². The number of carboxylic acid groups (broad SMARTS) is 1. The number of fused-ring (bicyclic) bond motifs is 1. The summed E-state index contributed by atoms with van der Waals surface area (Å²) >= 11 is 6.22. The molecule has 5 nitrogen and oxygen atoms in total. The first-order valence-electron chi connectivity index (χ1n) is 5.39. The summed E-state index contributed by atoms with van der Waals surface area (Å²) in [5, 5.41) is 8.92. The smallest absolute Gasteiger partial charge is 0.308 e. The molecule has 2 aromatic rings. The van der Waals surface area contributed by atoms with Gasteiger partial charge in [-0.05, 0) is 15.9 Å². The van der Waals surface area contributed by atoms with E-state index in [4.69, 9.17) is 14.6 Å². The topological polar surface area (TPSA) is 68.7 Å². The highest BCUT2D eigenvalue weighted by atomic mass is 79.9. The Morgan fingerprint density at radius 1 is 1.42 bits per heavy atom. The largest absolute Gasteiger partial charge is 0.484 e. The van der Waals surface area contributed by atoms with Crippen LogP contribution < -0.4 is 9.47 Å². The number of carbonyl (C=O) groups is 1. The number of aromatic nitrogens is 1. The average Bonchev–Trinajstić information content (AvgIpc) is 2.94. The normalized spacial score (nSPS) is 13.5. The maximum atomic E-state index is 10.9. The van der Waals surface area contributed by atoms with Crippen molar-refractivity contribution in [2.24, 2.45) is 0 Å². The van der Waals surface area contributed by atoms with E-state index in [0.29, 0.717) is 30.4 Å². The molecule has 0 saturated carbocycles. The van der Waals surface area contributed by atoms with Gasteiger partial charge < -0.3 is 14.6 Å². The third kappa shape index (κ3) is 2.35. The van der Waals surface area contributed by atoms with Crippen LogP contribution in [-0.2, 0) is 11.2 Å². The number of rotatable bonds is 3. The van der Waals surface area contributed by atoms with Crippen LogP contribution in [-0.4, -0.2) is 29.3 Å². The van der Waals surface area contributed by atoms with E-state index in [-0.39, 0.29) is 6.42 Å². The second kappa shape index (κ2) is 5.10. The molecule has 0 atom stereocenters. The maximum absolute atomic E-state index is 10.9. The standard InChI is InChI=1S/C11H8BrNO4S2/c12-11-9-8(16-1-2-17-9)10(19-11)7-5(3-6(14)15)18-4-13-7/h4H,1-3H2,(H,14,15). The zero-order valence-electron chi connectivity index (χ0n) is 9.51. The van der Waals surface area contributed by atoms with Crippen LogP contribution in [0.2, 0.25) is 0 Å². The van der Waals surface area contributed by atoms with Crippen LogP contribution in [0.25, 0.3) is 10.6 Å². The molecule has 0 radical (unpaired) electrons. The monoisotopic (exact) mass is 361 g/mol. The van der Waals surface area contributed by atoms with Crippen LogP contribution >= 0.6 is 38.6 Å². The molecular weight excluding hydrogens is 354 g/mol. The van der Waals surface area contributed by atoms with E-state index in [0.717, 1.165) is 13.5 Å². The van der Waals surface area contributed by atoms with Gasteiger partial charge in [-0.3, -0.25) is 4.79 Å². The van der Waals surface area contributed by atoms with Gasteiger partial charge in [0.15, 0.2) is 11.5 Å². The summed E-state index contributed by atoms with van der Waals surface area (Å²) in [6.45, 7) is 1.00. The lowest BCUT2D eigenvalue weighted by molar-refractivity contribution is -0.136. The lowest BCUT2D eigenvalue weighted by atomic mass is 10.2. The minimum atomic E-state index is -0.868. The SMILES string of the molecule is O=C(O)Cc1scnc1-c1sc(Br)c2c1OCCO2. The summed E-state index contributed by atoms with van der Waals surface area (Å²) in [6.07, 6.45) is -0.0366. The van der Waals surface area contributed by atoms with Crippen molar-refractivity contribution in [2.45, 2.75) is 6.42 Å². The van der Waals surface area contributed by atoms with Crippen LogP contribution in [0.15, 0.2) is 9.30 Å². The van der Waals surface area contributed by atoms with Gasteiger partial charge >= 0.3 is 5.97 Å². The van der Waals surface area contributed by atoms with Crippen molar-refractivity contribution in [2.75, 3.05) is 13.2 Å². The van der Waals surface area contributed by atoms with Crippen LogP contribution in [0.3, 0.4) is 0 Å². The number of hydrogen-bond acceptors (Lipinski definition) is 6. The molecule has 0 aromatic carbocycles. The Bertz CT molecular complexity index is 637. The first-order chi connectivity index (χ1) is 9.16. The first-order valence-corrected chi connectivity index (χ1v) is 7.88. The molecule has 1 N–H and O–H groups in total. The van der Waals surface area contributed by atoms with E-state index in [2.05, 4.69) is 20.9 Å². The van der Waals surface area contributed by atoms with Gasteiger partial charge in [0.05, 0.1) is 17.6 Å². The van der Waals surface area contributed by atoms with Gasteiger partial charge in [-0.1, -0.05) is 0 Å². The van der Waals surface area contributed by atoms with Crippen molar-refractivity contribution in [3.8, 4) is 22.1 Å². The fourth-order valence-corrected chi connectivity index (χ4v) is 4.33. The highest BCUT2D eigenvalue weighted by Gasteiger charge is 2.27. The number of carboxylic acids is 1. The lowest BCUT2D eigenvalue weighted by Gasteiger charge is -2.16. The van der Waals surface area contributed by atoms with Crippen molar-refractivity contribution >= 4 is 44.6 Å². The number of nitrogens with zero attached hydrogens (tertiary/aromatic N) is 1. The van der Waals surface area contributed by atoms with E-state index in [1.165, 1.54) is 22.7 Å². The van der Waals surface area contributed by atoms with Gasteiger partial charge in [-0.15, -0.1) is 22.7 Å². The number of aliphatic carboxylic acids is 1. The molecule has 3 rings (SSSR count). The second-order valence-corrected chi connectivity index (χ2v) is 7.03. The molecule has 19 heavy (non-hydrogen) atoms. The summed E-state index contributed by atoms with van der Waals surface area (Å²) in [6, 6.07) is 0. The molecule has 3 heterocycles. The Hall–Kier alpha value is -1.12. The Balaban J connectivity index is 2.07. The summed E-state index contributed by atoms with van der Waals surface area (Å²) in [5.41, 5.74) is 2.32. The van der Waals surface area contributed by atoms with E-state index in [9.17, 15) is 4.79 Å². The van der Waals surface area contributed by atoms with Crippen molar-refractivity contribution in [1.82, 2.24) is 4.98 Å². The van der Waals surface area contributed by atoms with Crippen LogP contribution in [0.4, 0.5) is 0 Å². The number of thiophene rings is 1. The predicted molar refractivity (Wildman–Crippen MR) is 75.5 cm³/mol. The summed E-state index contributed by atoms with van der Waals surface area (Å²) in [4.78, 5) is 16.7. The number of halogens is 1. The van der Waals surface area contributed by atoms with Gasteiger partial charge in [0.25, 0.3) is 0 Å². The number of thiazole rings is 1. The highest BCUT2D eigenvalue weighted by Crippen LogP contribution is 2.52. The maximum Gasteiger partial charge on any atom is 0.308 e. The minimum absolute atomic E-state index is 0.0366. The molecule has 0 fully saturated rings.